The van der Waals surface area contributed by atoms with Crippen molar-refractivity contribution in [2.75, 3.05) is 0 Å². The van der Waals surface area contributed by atoms with Crippen LogP contribution in [0.2, 0.25) is 0 Å². The quantitative estimate of drug-likeness (QED) is 0.327. The van der Waals surface area contributed by atoms with Gasteiger partial charge in [0.25, 0.3) is 0 Å². The number of hydrogen-bond acceptors (Lipinski definition) is 8. The van der Waals surface area contributed by atoms with E-state index >= 15 is 0 Å². The molecule has 10 nitrogen and oxygen atoms in total. The third-order valence-electron chi connectivity index (χ3n) is 4.52. The average Bonchev–Trinajstić information content (AvgIpc) is 2.87. The summed E-state index contributed by atoms with van der Waals surface area (Å²) in [6, 6.07) is 22.7. The number of benzene rings is 2. The second-order valence-corrected chi connectivity index (χ2v) is 6.96. The molecule has 36 heavy (non-hydrogen) atoms. The van der Waals surface area contributed by atoms with Crippen LogP contribution in [0, 0.1) is 20.2 Å². The summed E-state index contributed by atoms with van der Waals surface area (Å²) in [4.78, 5) is 37.8. The van der Waals surface area contributed by atoms with Crippen molar-refractivity contribution in [3.8, 4) is 0 Å². The minimum atomic E-state index is -0.688. The van der Waals surface area contributed by atoms with Crippen molar-refractivity contribution in [2.45, 2.75) is 0 Å². The highest BCUT2D eigenvalue weighted by molar-refractivity contribution is 5.80. The van der Waals surface area contributed by atoms with Crippen molar-refractivity contribution >= 4 is 33.2 Å². The summed E-state index contributed by atoms with van der Waals surface area (Å²) in [5.41, 5.74) is 0. The Morgan fingerprint density at radius 1 is 0.472 bits per heavy atom. The van der Waals surface area contributed by atoms with E-state index in [1.807, 2.05) is 0 Å². The van der Waals surface area contributed by atoms with Gasteiger partial charge in [-0.1, -0.05) is 54.6 Å². The molecule has 0 aliphatic heterocycles. The van der Waals surface area contributed by atoms with Crippen LogP contribution in [0.1, 0.15) is 0 Å². The lowest BCUT2D eigenvalue weighted by Crippen LogP contribution is -1.89. The summed E-state index contributed by atoms with van der Waals surface area (Å²) in [5, 5.41) is 25.5. The van der Waals surface area contributed by atoms with Crippen molar-refractivity contribution in [2.24, 2.45) is 0 Å². The topological polar surface area (TPSA) is 138 Å². The van der Waals surface area contributed by atoms with Crippen LogP contribution in [-0.4, -0.2) is 29.8 Å². The van der Waals surface area contributed by atoms with E-state index in [0.717, 1.165) is 18.2 Å². The van der Waals surface area contributed by atoms with Gasteiger partial charge in [0.15, 0.2) is 0 Å². The monoisotopic (exact) mass is 480 g/mol. The summed E-state index contributed by atoms with van der Waals surface area (Å²) >= 11 is 0. The van der Waals surface area contributed by atoms with Crippen LogP contribution in [0.25, 0.3) is 21.5 Å². The Kier molecular flexibility index (Phi) is 9.37. The van der Waals surface area contributed by atoms with Gasteiger partial charge in [-0.15, -0.1) is 0 Å². The van der Waals surface area contributed by atoms with Crippen molar-refractivity contribution in [1.82, 2.24) is 19.9 Å². The van der Waals surface area contributed by atoms with Gasteiger partial charge < -0.3 is 20.2 Å². The van der Waals surface area contributed by atoms with Crippen LogP contribution in [0.4, 0.5) is 11.6 Å². The summed E-state index contributed by atoms with van der Waals surface area (Å²) in [5.74, 6) is -1.01. The molecule has 0 saturated heterocycles. The number of fused-ring (bicyclic) bond motifs is 2. The first-order valence-electron chi connectivity index (χ1n) is 10.6. The third kappa shape index (κ3) is 7.89. The number of rotatable bonds is 2. The maximum atomic E-state index is 11.4. The molecule has 0 N–H and O–H groups in total. The second kappa shape index (κ2) is 13.4. The lowest BCUT2D eigenvalue weighted by molar-refractivity contribution is -0.389. The standard InChI is InChI=1S/C26H20N6O4/c33-31(34)25-13-8-14-26(32(35)36)30-20-24-12-5-3-10-22(24)18-28-16-7-1-6-15-27-17-21-9-2-4-11-23(21)19-29-25/h1-20H. The Hall–Kier alpha value is -5.38. The van der Waals surface area contributed by atoms with Crippen molar-refractivity contribution in [1.29, 1.82) is 0 Å². The molecule has 1 heterocycles. The lowest BCUT2D eigenvalue weighted by Gasteiger charge is -1.90. The van der Waals surface area contributed by atoms with Gasteiger partial charge in [-0.05, 0) is 38.0 Å². The second-order valence-electron chi connectivity index (χ2n) is 6.96. The molecule has 0 spiro atoms. The maximum Gasteiger partial charge on any atom is 0.363 e. The molecule has 10 heteroatoms. The fourth-order valence-corrected chi connectivity index (χ4v) is 2.80. The molecule has 0 amide bonds. The van der Waals surface area contributed by atoms with E-state index in [0.29, 0.717) is 21.5 Å². The molecule has 2 aromatic carbocycles. The van der Waals surface area contributed by atoms with E-state index in [4.69, 9.17) is 0 Å². The van der Waals surface area contributed by atoms with E-state index in [-0.39, 0.29) is 0 Å². The number of hydrogen-bond donors (Lipinski definition) is 0. The van der Waals surface area contributed by atoms with E-state index < -0.39 is 21.5 Å². The number of nitro groups is 2. The first-order chi connectivity index (χ1) is 17.5. The molecule has 0 fully saturated rings. The van der Waals surface area contributed by atoms with E-state index in [9.17, 15) is 20.2 Å². The summed E-state index contributed by atoms with van der Waals surface area (Å²) in [6.45, 7) is 0. The molecule has 0 aliphatic carbocycles. The fraction of sp³-hybridized carbons (Fsp3) is 0. The van der Waals surface area contributed by atoms with Crippen LogP contribution in [0.5, 0.6) is 0 Å². The predicted octanol–water partition coefficient (Wildman–Crippen LogP) is 5.89. The predicted molar refractivity (Wildman–Crippen MR) is 136 cm³/mol. The highest BCUT2D eigenvalue weighted by Gasteiger charge is 2.03. The maximum absolute atomic E-state index is 11.4. The van der Waals surface area contributed by atoms with Crippen LogP contribution >= 0.6 is 0 Å². The molecule has 0 radical (unpaired) electrons. The van der Waals surface area contributed by atoms with Crippen molar-refractivity contribution < 1.29 is 9.85 Å². The molecule has 0 unspecified atom stereocenters. The van der Waals surface area contributed by atoms with E-state index in [1.165, 1.54) is 12.4 Å². The average molecular weight is 480 g/mol. The molecule has 0 aliphatic rings. The van der Waals surface area contributed by atoms with E-state index in [1.54, 1.807) is 91.5 Å². The summed E-state index contributed by atoms with van der Waals surface area (Å²) in [7, 11) is 0. The molecule has 0 atom stereocenters. The lowest BCUT2D eigenvalue weighted by atomic mass is 10.2. The van der Waals surface area contributed by atoms with Crippen LogP contribution < -0.4 is 0 Å². The molecular weight excluding hydrogens is 460 g/mol. The Morgan fingerprint density at radius 3 is 1.25 bits per heavy atom. The Balaban J connectivity index is 2.30. The Labute approximate surface area is 205 Å². The fourth-order valence-electron chi connectivity index (χ4n) is 2.80. The third-order valence-corrected chi connectivity index (χ3v) is 4.52. The van der Waals surface area contributed by atoms with Gasteiger partial charge in [0.05, 0.1) is 0 Å². The summed E-state index contributed by atoms with van der Waals surface area (Å²) in [6.07, 6.45) is 9.05. The van der Waals surface area contributed by atoms with Gasteiger partial charge in [-0.25, -0.2) is 0 Å². The van der Waals surface area contributed by atoms with Gasteiger partial charge in [0.2, 0.25) is 0 Å². The molecule has 3 aromatic rings. The first kappa shape index (κ1) is 25.2. The zero-order valence-corrected chi connectivity index (χ0v) is 18.9. The summed E-state index contributed by atoms with van der Waals surface area (Å²) < 4.78 is 0. The van der Waals surface area contributed by atoms with Crippen molar-refractivity contribution in [3.63, 3.8) is 0 Å². The normalized spacial score (nSPS) is 9.56. The number of nitrogens with zero attached hydrogens (tertiary/aromatic N) is 6. The highest BCUT2D eigenvalue weighted by Crippen LogP contribution is 2.11. The molecule has 0 bridgehead atoms. The number of aromatic nitrogens is 4. The zero-order valence-electron chi connectivity index (χ0n) is 18.9. The highest BCUT2D eigenvalue weighted by atomic mass is 16.6. The van der Waals surface area contributed by atoms with Gasteiger partial charge in [-0.3, -0.25) is 9.97 Å². The van der Waals surface area contributed by atoms with Crippen LogP contribution in [0.15, 0.2) is 122 Å². The molecular formula is C26H20N6O4. The molecule has 1 aromatic heterocycles. The van der Waals surface area contributed by atoms with E-state index in [2.05, 4.69) is 19.9 Å². The van der Waals surface area contributed by atoms with Gasteiger partial charge in [0, 0.05) is 58.5 Å². The smallest absolute Gasteiger partial charge is 0.358 e. The van der Waals surface area contributed by atoms with Crippen LogP contribution in [-0.2, 0) is 0 Å². The minimum absolute atomic E-state index is 0.505. The Morgan fingerprint density at radius 2 is 0.861 bits per heavy atom. The zero-order chi connectivity index (χ0) is 25.6. The molecule has 0 saturated carbocycles. The SMILES string of the molecule is O=[N+]([O-])c1cccc([N+](=O)[O-])ncc2ccccc2cncccccncc2ccccc2cn1. The minimum Gasteiger partial charge on any atom is -0.358 e. The van der Waals surface area contributed by atoms with Crippen LogP contribution in [0.3, 0.4) is 0 Å². The Bertz CT molecular complexity index is 1420. The first-order valence-corrected chi connectivity index (χ1v) is 10.6. The molecule has 178 valence electrons. The van der Waals surface area contributed by atoms with Crippen molar-refractivity contribution in [3.05, 3.63) is 142 Å². The molecule has 3 rings (SSSR count). The van der Waals surface area contributed by atoms with Gasteiger partial charge in [0.1, 0.15) is 12.4 Å². The van der Waals surface area contributed by atoms with Gasteiger partial charge in [-0.2, -0.15) is 0 Å². The van der Waals surface area contributed by atoms with Gasteiger partial charge >= 0.3 is 11.6 Å². The largest absolute Gasteiger partial charge is 0.363 e.